The fourth-order valence-electron chi connectivity index (χ4n) is 3.57. The average molecular weight is 387 g/mol. The maximum absolute atomic E-state index is 12.8. The summed E-state index contributed by atoms with van der Waals surface area (Å²) in [7, 11) is 0. The molecule has 0 saturated carbocycles. The molecule has 4 nitrogen and oxygen atoms in total. The number of carbonyl (C=O) groups is 1. The van der Waals surface area contributed by atoms with Crippen LogP contribution in [0.15, 0.2) is 67.3 Å². The molecule has 1 amide bonds. The van der Waals surface area contributed by atoms with Crippen LogP contribution in [0.4, 0.5) is 13.6 Å². The molecule has 6 heteroatoms. The summed E-state index contributed by atoms with van der Waals surface area (Å²) in [5, 5.41) is 0. The Balaban J connectivity index is 1.75. The molecule has 0 unspecified atom stereocenters. The number of hydrogen-bond donors (Lipinski definition) is 0. The van der Waals surface area contributed by atoms with Gasteiger partial charge in [0.15, 0.2) is 0 Å². The summed E-state index contributed by atoms with van der Waals surface area (Å²) in [5.74, 6) is 0.0845. The van der Waals surface area contributed by atoms with Gasteiger partial charge in [-0.15, -0.1) is 6.58 Å². The van der Waals surface area contributed by atoms with Gasteiger partial charge in [0.05, 0.1) is 6.04 Å². The molecule has 3 rings (SSSR count). The molecule has 1 aliphatic heterocycles. The monoisotopic (exact) mass is 387 g/mol. The van der Waals surface area contributed by atoms with Gasteiger partial charge in [0, 0.05) is 19.4 Å². The molecule has 1 saturated heterocycles. The van der Waals surface area contributed by atoms with Crippen molar-refractivity contribution in [3.8, 4) is 5.75 Å². The number of rotatable bonds is 7. The number of benzene rings is 2. The molecule has 148 valence electrons. The van der Waals surface area contributed by atoms with E-state index >= 15 is 0 Å². The Morgan fingerprint density at radius 3 is 2.46 bits per heavy atom. The summed E-state index contributed by atoms with van der Waals surface area (Å²) in [4.78, 5) is 14.5. The number of cyclic esters (lactones) is 1. The van der Waals surface area contributed by atoms with Crippen molar-refractivity contribution in [3.05, 3.63) is 78.4 Å². The first-order valence-corrected chi connectivity index (χ1v) is 9.16. The number of hydrogen-bond acceptors (Lipinski definition) is 3. The number of alkyl halides is 2. The lowest BCUT2D eigenvalue weighted by molar-refractivity contribution is -0.0588. The van der Waals surface area contributed by atoms with Crippen molar-refractivity contribution in [3.63, 3.8) is 0 Å². The van der Waals surface area contributed by atoms with Crippen molar-refractivity contribution < 1.29 is 23.0 Å². The third-order valence-electron chi connectivity index (χ3n) is 5.10. The number of halogens is 2. The highest BCUT2D eigenvalue weighted by atomic mass is 19.3. The second-order valence-electron chi connectivity index (χ2n) is 6.79. The molecule has 28 heavy (non-hydrogen) atoms. The Morgan fingerprint density at radius 1 is 1.21 bits per heavy atom. The molecule has 2 atom stereocenters. The topological polar surface area (TPSA) is 38.8 Å². The van der Waals surface area contributed by atoms with Gasteiger partial charge in [-0.05, 0) is 30.2 Å². The number of ether oxygens (including phenoxy) is 2. The van der Waals surface area contributed by atoms with Gasteiger partial charge >= 0.3 is 12.7 Å². The molecule has 0 N–H and O–H groups in total. The van der Waals surface area contributed by atoms with Crippen molar-refractivity contribution in [1.29, 1.82) is 0 Å². The van der Waals surface area contributed by atoms with Gasteiger partial charge in [-0.25, -0.2) is 4.79 Å². The van der Waals surface area contributed by atoms with E-state index in [1.165, 1.54) is 12.1 Å². The second-order valence-corrected chi connectivity index (χ2v) is 6.79. The predicted octanol–water partition coefficient (Wildman–Crippen LogP) is 5.66. The predicted molar refractivity (Wildman–Crippen MR) is 102 cm³/mol. The highest BCUT2D eigenvalue weighted by molar-refractivity contribution is 5.70. The van der Waals surface area contributed by atoms with Crippen LogP contribution in [-0.4, -0.2) is 24.1 Å². The number of amides is 1. The van der Waals surface area contributed by atoms with E-state index in [0.717, 1.165) is 11.1 Å². The first-order valence-electron chi connectivity index (χ1n) is 9.16. The quantitative estimate of drug-likeness (QED) is 0.575. The van der Waals surface area contributed by atoms with Crippen LogP contribution >= 0.6 is 0 Å². The Hall–Kier alpha value is -2.89. The van der Waals surface area contributed by atoms with Crippen molar-refractivity contribution in [2.24, 2.45) is 0 Å². The van der Waals surface area contributed by atoms with Gasteiger partial charge in [-0.1, -0.05) is 48.5 Å². The fourth-order valence-corrected chi connectivity index (χ4v) is 3.57. The lowest BCUT2D eigenvalue weighted by Gasteiger charge is -2.43. The Morgan fingerprint density at radius 2 is 1.89 bits per heavy atom. The zero-order valence-electron chi connectivity index (χ0n) is 15.7. The van der Waals surface area contributed by atoms with Crippen LogP contribution in [0.1, 0.15) is 36.9 Å². The van der Waals surface area contributed by atoms with Gasteiger partial charge in [-0.2, -0.15) is 8.78 Å². The third kappa shape index (κ3) is 4.16. The lowest BCUT2D eigenvalue weighted by Crippen LogP contribution is -2.48. The second kappa shape index (κ2) is 8.42. The van der Waals surface area contributed by atoms with Crippen LogP contribution in [-0.2, 0) is 10.3 Å². The van der Waals surface area contributed by atoms with Crippen molar-refractivity contribution >= 4 is 6.09 Å². The molecule has 0 radical (unpaired) electrons. The first kappa shape index (κ1) is 19.9. The van der Waals surface area contributed by atoms with E-state index in [0.29, 0.717) is 19.4 Å². The van der Waals surface area contributed by atoms with Gasteiger partial charge in [0.2, 0.25) is 0 Å². The van der Waals surface area contributed by atoms with E-state index < -0.39 is 18.3 Å². The largest absolute Gasteiger partial charge is 0.437 e. The van der Waals surface area contributed by atoms with E-state index in [4.69, 9.17) is 4.74 Å². The molecular formula is C22H23F2NO3. The fraction of sp³-hybridized carbons (Fsp3) is 0.318. The van der Waals surface area contributed by atoms with Crippen molar-refractivity contribution in [2.75, 3.05) is 6.54 Å². The van der Waals surface area contributed by atoms with Crippen LogP contribution in [0.3, 0.4) is 0 Å². The summed E-state index contributed by atoms with van der Waals surface area (Å²) in [6, 6.07) is 15.7. The zero-order chi connectivity index (χ0) is 20.1. The highest BCUT2D eigenvalue weighted by Crippen LogP contribution is 2.39. The minimum Gasteiger partial charge on any atom is -0.437 e. The molecule has 0 bridgehead atoms. The number of carbonyl (C=O) groups excluding carboxylic acids is 1. The molecule has 1 heterocycles. The molecule has 0 aliphatic carbocycles. The Labute approximate surface area is 163 Å². The van der Waals surface area contributed by atoms with E-state index in [2.05, 4.69) is 11.3 Å². The Bertz CT molecular complexity index is 810. The summed E-state index contributed by atoms with van der Waals surface area (Å²) in [5.41, 5.74) is 1.05. The molecule has 0 aromatic heterocycles. The van der Waals surface area contributed by atoms with Crippen LogP contribution in [0, 0.1) is 0 Å². The minimum absolute atomic E-state index is 0.0845. The summed E-state index contributed by atoms with van der Waals surface area (Å²) >= 11 is 0. The first-order chi connectivity index (χ1) is 13.4. The van der Waals surface area contributed by atoms with Crippen LogP contribution in [0.2, 0.25) is 0 Å². The van der Waals surface area contributed by atoms with E-state index in [1.54, 1.807) is 23.1 Å². The molecule has 0 spiro atoms. The van der Waals surface area contributed by atoms with Gasteiger partial charge in [-0.3, -0.25) is 0 Å². The summed E-state index contributed by atoms with van der Waals surface area (Å²) in [6.45, 7) is 3.34. The molecule has 1 fully saturated rings. The molecule has 1 aliphatic rings. The lowest BCUT2D eigenvalue weighted by atomic mass is 9.85. The Kier molecular flexibility index (Phi) is 5.97. The smallest absolute Gasteiger partial charge is 0.411 e. The summed E-state index contributed by atoms with van der Waals surface area (Å²) < 4.78 is 34.9. The van der Waals surface area contributed by atoms with Crippen molar-refractivity contribution in [2.45, 2.75) is 38.0 Å². The van der Waals surface area contributed by atoms with E-state index in [1.807, 2.05) is 37.3 Å². The average Bonchev–Trinajstić information content (AvgIpc) is 2.69. The maximum Gasteiger partial charge on any atom is 0.411 e. The highest BCUT2D eigenvalue weighted by Gasteiger charge is 2.42. The van der Waals surface area contributed by atoms with E-state index in [-0.39, 0.29) is 11.8 Å². The normalized spacial score (nSPS) is 20.6. The van der Waals surface area contributed by atoms with Gasteiger partial charge in [0.25, 0.3) is 0 Å². The van der Waals surface area contributed by atoms with Gasteiger partial charge in [0.1, 0.15) is 11.4 Å². The molecule has 2 aromatic rings. The maximum atomic E-state index is 12.8. The van der Waals surface area contributed by atoms with Crippen LogP contribution < -0.4 is 4.74 Å². The minimum atomic E-state index is -2.86. The van der Waals surface area contributed by atoms with Gasteiger partial charge < -0.3 is 14.4 Å². The number of nitrogens with zero attached hydrogens (tertiary/aromatic N) is 1. The van der Waals surface area contributed by atoms with Crippen molar-refractivity contribution in [1.82, 2.24) is 4.90 Å². The molecule has 2 aromatic carbocycles. The summed E-state index contributed by atoms with van der Waals surface area (Å²) in [6.07, 6.45) is 2.52. The third-order valence-corrected chi connectivity index (χ3v) is 5.10. The molecular weight excluding hydrogens is 364 g/mol. The van der Waals surface area contributed by atoms with Crippen LogP contribution in [0.25, 0.3) is 0 Å². The standard InChI is InChI=1S/C22H23F2NO3/c1-3-13-22(18-7-5-4-6-8-18)14-15-25(21(26)28-22)16(2)17-9-11-19(12-10-17)27-20(23)24/h3-12,16,20H,1,13-15H2,2H3/t16-,22+/m0/s1. The van der Waals surface area contributed by atoms with E-state index in [9.17, 15) is 13.6 Å². The SMILES string of the molecule is C=CC[C@]1(c2ccccc2)CCN([C@@H](C)c2ccc(OC(F)F)cc2)C(=O)O1. The van der Waals surface area contributed by atoms with Crippen LogP contribution in [0.5, 0.6) is 5.75 Å². The zero-order valence-corrected chi connectivity index (χ0v) is 15.7.